The molecule has 0 fully saturated rings. The maximum atomic E-state index is 9.63. The van der Waals surface area contributed by atoms with Crippen molar-refractivity contribution in [2.45, 2.75) is 13.8 Å². The van der Waals surface area contributed by atoms with Crippen molar-refractivity contribution >= 4 is 27.5 Å². The minimum Gasteiger partial charge on any atom is -0.309 e. The fraction of sp³-hybridized carbons (Fsp3) is 0.0741. The molecule has 0 atom stereocenters. The van der Waals surface area contributed by atoms with Crippen LogP contribution in [-0.2, 0) is 0 Å². The van der Waals surface area contributed by atoms with Gasteiger partial charge in [0.15, 0.2) is 0 Å². The van der Waals surface area contributed by atoms with Gasteiger partial charge in [-0.25, -0.2) is 4.85 Å². The lowest BCUT2D eigenvalue weighted by Crippen LogP contribution is -1.99. The summed E-state index contributed by atoms with van der Waals surface area (Å²) in [7, 11) is 0. The van der Waals surface area contributed by atoms with Crippen LogP contribution in [0.5, 0.6) is 0 Å². The van der Waals surface area contributed by atoms with Gasteiger partial charge < -0.3 is 4.57 Å². The summed E-state index contributed by atoms with van der Waals surface area (Å²) in [5, 5.41) is 12.1. The Hall–Kier alpha value is -4.41. The minimum atomic E-state index is 0.398. The number of nitrogens with zero attached hydrogens (tertiary/aromatic N) is 4. The SMILES string of the molecule is [C-]#[N+]c1cncc(C#N)c1-c1c(C)cc(-n2c3ccccc3c3ccccc32)cc1C. The highest BCUT2D eigenvalue weighted by atomic mass is 15.0. The van der Waals surface area contributed by atoms with Crippen LogP contribution in [0.1, 0.15) is 16.7 Å². The number of hydrogen-bond donors (Lipinski definition) is 0. The molecule has 5 aromatic rings. The number of rotatable bonds is 2. The average molecular weight is 398 g/mol. The molecule has 4 heteroatoms. The summed E-state index contributed by atoms with van der Waals surface area (Å²) in [6, 6.07) is 23.3. The molecule has 0 unspecified atom stereocenters. The van der Waals surface area contributed by atoms with E-state index in [-0.39, 0.29) is 0 Å². The third kappa shape index (κ3) is 2.78. The van der Waals surface area contributed by atoms with Gasteiger partial charge in [-0.1, -0.05) is 36.4 Å². The Kier molecular flexibility index (Phi) is 4.28. The highest BCUT2D eigenvalue weighted by Crippen LogP contribution is 2.39. The van der Waals surface area contributed by atoms with Gasteiger partial charge in [0.25, 0.3) is 0 Å². The number of aromatic nitrogens is 2. The fourth-order valence-corrected chi connectivity index (χ4v) is 4.55. The molecule has 3 aromatic carbocycles. The van der Waals surface area contributed by atoms with Crippen LogP contribution in [0.4, 0.5) is 5.69 Å². The summed E-state index contributed by atoms with van der Waals surface area (Å²) in [4.78, 5) is 7.68. The highest BCUT2D eigenvalue weighted by Gasteiger charge is 2.18. The van der Waals surface area contributed by atoms with Crippen LogP contribution in [0.2, 0.25) is 0 Å². The topological polar surface area (TPSA) is 46.0 Å². The van der Waals surface area contributed by atoms with Gasteiger partial charge in [0.05, 0.1) is 23.2 Å². The van der Waals surface area contributed by atoms with Gasteiger partial charge in [-0.05, 0) is 54.8 Å². The van der Waals surface area contributed by atoms with Crippen LogP contribution >= 0.6 is 0 Å². The zero-order chi connectivity index (χ0) is 21.5. The first-order chi connectivity index (χ1) is 15.1. The third-order valence-corrected chi connectivity index (χ3v) is 5.77. The molecular formula is C27H18N4. The molecule has 2 aromatic heterocycles. The maximum Gasteiger partial charge on any atom is 0.214 e. The summed E-state index contributed by atoms with van der Waals surface area (Å²) >= 11 is 0. The molecule has 0 aliphatic carbocycles. The second-order valence-corrected chi connectivity index (χ2v) is 7.63. The van der Waals surface area contributed by atoms with E-state index in [9.17, 15) is 5.26 Å². The summed E-state index contributed by atoms with van der Waals surface area (Å²) in [5.41, 5.74) is 7.81. The fourth-order valence-electron chi connectivity index (χ4n) is 4.55. The van der Waals surface area contributed by atoms with Crippen molar-refractivity contribution in [2.24, 2.45) is 0 Å². The second kappa shape index (κ2) is 7.13. The largest absolute Gasteiger partial charge is 0.309 e. The molecule has 0 radical (unpaired) electrons. The van der Waals surface area contributed by atoms with E-state index in [1.54, 1.807) is 0 Å². The molecule has 5 rings (SSSR count). The summed E-state index contributed by atoms with van der Waals surface area (Å²) in [6.45, 7) is 11.6. The smallest absolute Gasteiger partial charge is 0.214 e. The van der Waals surface area contributed by atoms with E-state index < -0.39 is 0 Å². The number of aryl methyl sites for hydroxylation is 2. The molecule has 0 saturated heterocycles. The normalized spacial score (nSPS) is 10.8. The second-order valence-electron chi connectivity index (χ2n) is 7.63. The molecule has 0 spiro atoms. The molecule has 0 bridgehead atoms. The lowest BCUT2D eigenvalue weighted by molar-refractivity contribution is 1.16. The summed E-state index contributed by atoms with van der Waals surface area (Å²) in [5.74, 6) is 0. The Morgan fingerprint density at radius 1 is 0.871 bits per heavy atom. The first kappa shape index (κ1) is 18.6. The number of benzene rings is 3. The number of hydrogen-bond acceptors (Lipinski definition) is 2. The highest BCUT2D eigenvalue weighted by molar-refractivity contribution is 6.09. The van der Waals surface area contributed by atoms with Crippen molar-refractivity contribution in [3.05, 3.63) is 101 Å². The average Bonchev–Trinajstić information content (AvgIpc) is 3.13. The van der Waals surface area contributed by atoms with Gasteiger partial charge in [0, 0.05) is 34.4 Å². The first-order valence-corrected chi connectivity index (χ1v) is 9.99. The van der Waals surface area contributed by atoms with E-state index >= 15 is 0 Å². The van der Waals surface area contributed by atoms with Gasteiger partial charge in [-0.2, -0.15) is 5.26 Å². The molecule has 0 saturated carbocycles. The van der Waals surface area contributed by atoms with Crippen molar-refractivity contribution in [3.8, 4) is 22.9 Å². The van der Waals surface area contributed by atoms with E-state index in [1.165, 1.54) is 23.2 Å². The molecule has 4 nitrogen and oxygen atoms in total. The standard InChI is InChI=1S/C27H18N4/c1-17-12-20(13-18(2)26(17)27-19(14-28)15-30-16-23(27)29-3)31-24-10-6-4-8-21(24)22-9-5-7-11-25(22)31/h4-13,15-16H,1-2H3. The van der Waals surface area contributed by atoms with Crippen molar-refractivity contribution in [3.63, 3.8) is 0 Å². The van der Waals surface area contributed by atoms with Crippen molar-refractivity contribution in [1.29, 1.82) is 5.26 Å². The zero-order valence-electron chi connectivity index (χ0n) is 17.2. The van der Waals surface area contributed by atoms with Crippen LogP contribution in [0, 0.1) is 31.8 Å². The van der Waals surface area contributed by atoms with Crippen LogP contribution in [0.15, 0.2) is 73.1 Å². The van der Waals surface area contributed by atoms with E-state index in [4.69, 9.17) is 6.57 Å². The number of fused-ring (bicyclic) bond motifs is 3. The van der Waals surface area contributed by atoms with E-state index in [2.05, 4.69) is 81.1 Å². The van der Waals surface area contributed by atoms with Crippen LogP contribution in [-0.4, -0.2) is 9.55 Å². The van der Waals surface area contributed by atoms with E-state index in [1.807, 2.05) is 13.8 Å². The van der Waals surface area contributed by atoms with Gasteiger partial charge in [-0.3, -0.25) is 4.98 Å². The molecule has 31 heavy (non-hydrogen) atoms. The Morgan fingerprint density at radius 3 is 2.00 bits per heavy atom. The van der Waals surface area contributed by atoms with E-state index in [0.29, 0.717) is 16.8 Å². The lowest BCUT2D eigenvalue weighted by atomic mass is 9.92. The van der Waals surface area contributed by atoms with Crippen molar-refractivity contribution in [2.75, 3.05) is 0 Å². The third-order valence-electron chi connectivity index (χ3n) is 5.77. The Morgan fingerprint density at radius 2 is 1.45 bits per heavy atom. The van der Waals surface area contributed by atoms with Gasteiger partial charge in [0.2, 0.25) is 5.69 Å². The zero-order valence-corrected chi connectivity index (χ0v) is 17.2. The molecule has 146 valence electrons. The Labute approximate surface area is 180 Å². The van der Waals surface area contributed by atoms with Gasteiger partial charge in [0.1, 0.15) is 6.07 Å². The summed E-state index contributed by atoms with van der Waals surface area (Å²) in [6.07, 6.45) is 3.06. The summed E-state index contributed by atoms with van der Waals surface area (Å²) < 4.78 is 2.28. The molecule has 0 aliphatic heterocycles. The van der Waals surface area contributed by atoms with Gasteiger partial charge in [-0.15, -0.1) is 0 Å². The Bertz CT molecular complexity index is 1470. The molecule has 0 N–H and O–H groups in total. The predicted molar refractivity (Wildman–Crippen MR) is 124 cm³/mol. The Balaban J connectivity index is 1.82. The minimum absolute atomic E-state index is 0.398. The predicted octanol–water partition coefficient (Wildman–Crippen LogP) is 6.89. The molecular weight excluding hydrogens is 380 g/mol. The van der Waals surface area contributed by atoms with Crippen LogP contribution in [0.25, 0.3) is 43.5 Å². The molecule has 0 amide bonds. The maximum absolute atomic E-state index is 9.63. The number of para-hydroxylation sites is 2. The van der Waals surface area contributed by atoms with E-state index in [0.717, 1.165) is 33.4 Å². The van der Waals surface area contributed by atoms with Crippen LogP contribution < -0.4 is 0 Å². The van der Waals surface area contributed by atoms with Gasteiger partial charge >= 0.3 is 0 Å². The quantitative estimate of drug-likeness (QED) is 0.304. The first-order valence-electron chi connectivity index (χ1n) is 9.99. The van der Waals surface area contributed by atoms with Crippen LogP contribution in [0.3, 0.4) is 0 Å². The number of pyridine rings is 1. The monoisotopic (exact) mass is 398 g/mol. The molecule has 0 aliphatic rings. The van der Waals surface area contributed by atoms with Crippen molar-refractivity contribution in [1.82, 2.24) is 9.55 Å². The number of nitriles is 1. The van der Waals surface area contributed by atoms with Crippen molar-refractivity contribution < 1.29 is 0 Å². The molecule has 2 heterocycles. The lowest BCUT2D eigenvalue weighted by Gasteiger charge is -2.17.